The Morgan fingerprint density at radius 1 is 0.323 bits per heavy atom. The summed E-state index contributed by atoms with van der Waals surface area (Å²) in [7, 11) is 0. The predicted molar refractivity (Wildman–Crippen MR) is 361 cm³/mol. The van der Waals surface area contributed by atoms with E-state index < -0.39 is 0 Å². The average molecular weight is 1290 g/mol. The first-order chi connectivity index (χ1) is 45.2. The van der Waals surface area contributed by atoms with E-state index >= 15 is 0 Å². The van der Waals surface area contributed by atoms with Crippen molar-refractivity contribution in [2.45, 2.75) is 20.8 Å². The molecule has 462 valence electrons. The maximum Gasteiger partial charge on any atom is 0.298 e. The largest absolute Gasteiger partial charge is 0.508 e. The van der Waals surface area contributed by atoms with Gasteiger partial charge in [0.05, 0.1) is 14.6 Å². The molecule has 0 aliphatic carbocycles. The Morgan fingerprint density at radius 3 is 0.806 bits per heavy atom. The highest BCUT2D eigenvalue weighted by molar-refractivity contribution is 7.22. The molecule has 12 aromatic rings. The van der Waals surface area contributed by atoms with Gasteiger partial charge in [-0.1, -0.05) is 126 Å². The van der Waals surface area contributed by atoms with E-state index in [0.29, 0.717) is 68.0 Å². The third kappa shape index (κ3) is 15.7. The molecule has 12 rings (SSSR count). The second-order valence-electron chi connectivity index (χ2n) is 20.5. The summed E-state index contributed by atoms with van der Waals surface area (Å²) in [6.07, 6.45) is 7.20. The van der Waals surface area contributed by atoms with Gasteiger partial charge in [-0.15, -0.1) is 34.0 Å². The van der Waals surface area contributed by atoms with Crippen LogP contribution in [0.25, 0.3) is 63.6 Å². The van der Waals surface area contributed by atoms with Gasteiger partial charge in [0.15, 0.2) is 0 Å². The molecule has 0 atom stereocenters. The number of hydrogen-bond donors (Lipinski definition) is 3. The van der Waals surface area contributed by atoms with Crippen molar-refractivity contribution < 1.29 is 72.5 Å². The standard InChI is InChI=1S/3C25H18O5S/c3*1-16-2-4-18(5-3-16)24(28)25-23(21-11-8-19(27)14-22(21)31-25)17-6-9-20(10-7-17)30-13-12-29-15-26/h3*2-15,27H,1H3/b3*13-12+. The number of aromatic hydroxyl groups is 3. The Bertz CT molecular complexity index is 4290. The average Bonchev–Trinajstić information content (AvgIpc) is 1.66. The quantitative estimate of drug-likeness (QED) is 0.0264. The number of fused-ring (bicyclic) bond motifs is 3. The molecule has 3 N–H and O–H groups in total. The molecule has 18 heteroatoms. The third-order valence-electron chi connectivity index (χ3n) is 14.2. The number of rotatable bonds is 21. The van der Waals surface area contributed by atoms with Crippen LogP contribution in [0, 0.1) is 20.8 Å². The van der Waals surface area contributed by atoms with Crippen molar-refractivity contribution in [1.82, 2.24) is 0 Å². The summed E-state index contributed by atoms with van der Waals surface area (Å²) in [5.41, 5.74) is 10.1. The van der Waals surface area contributed by atoms with Crippen LogP contribution in [0.5, 0.6) is 34.5 Å². The molecule has 93 heavy (non-hydrogen) atoms. The lowest BCUT2D eigenvalue weighted by molar-refractivity contribution is -0.124. The molecule has 0 spiro atoms. The van der Waals surface area contributed by atoms with Crippen LogP contribution in [0.4, 0.5) is 0 Å². The normalized spacial score (nSPS) is 11.0. The lowest BCUT2D eigenvalue weighted by Gasteiger charge is -2.07. The van der Waals surface area contributed by atoms with E-state index in [-0.39, 0.29) is 34.6 Å². The molecule has 3 heterocycles. The number of phenolic OH excluding ortho intramolecular Hbond substituents is 3. The maximum atomic E-state index is 13.3. The number of hydrogen-bond acceptors (Lipinski definition) is 18. The summed E-state index contributed by atoms with van der Waals surface area (Å²) in [4.78, 5) is 72.3. The number of phenols is 3. The highest BCUT2D eigenvalue weighted by atomic mass is 32.1. The van der Waals surface area contributed by atoms with Crippen molar-refractivity contribution >= 4 is 101 Å². The Hall–Kier alpha value is -11.7. The minimum atomic E-state index is -0.0649. The van der Waals surface area contributed by atoms with Crippen LogP contribution in [0.15, 0.2) is 238 Å². The molecule has 0 aliphatic rings. The van der Waals surface area contributed by atoms with Gasteiger partial charge < -0.3 is 43.7 Å². The molecular weight excluding hydrogens is 1240 g/mol. The first kappa shape index (κ1) is 64.3. The summed E-state index contributed by atoms with van der Waals surface area (Å²) >= 11 is 4.09. The summed E-state index contributed by atoms with van der Waals surface area (Å²) in [6.45, 7) is 6.84. The fourth-order valence-electron chi connectivity index (χ4n) is 9.72. The zero-order valence-corrected chi connectivity index (χ0v) is 52.2. The summed E-state index contributed by atoms with van der Waals surface area (Å²) < 4.78 is 32.0. The summed E-state index contributed by atoms with van der Waals surface area (Å²) in [6, 6.07) is 59.6. The van der Waals surface area contributed by atoms with E-state index in [1.165, 1.54) is 52.8 Å². The van der Waals surface area contributed by atoms with Gasteiger partial charge in [-0.25, -0.2) is 0 Å². The minimum Gasteiger partial charge on any atom is -0.508 e. The molecule has 9 aromatic carbocycles. The number of ketones is 3. The van der Waals surface area contributed by atoms with E-state index in [1.807, 2.05) is 148 Å². The number of carbonyl (C=O) groups excluding carboxylic acids is 6. The molecule has 15 nitrogen and oxygen atoms in total. The summed E-state index contributed by atoms with van der Waals surface area (Å²) in [5, 5.41) is 32.4. The summed E-state index contributed by atoms with van der Waals surface area (Å²) in [5.74, 6) is 1.93. The Labute approximate surface area is 544 Å². The van der Waals surface area contributed by atoms with Gasteiger partial charge in [0.25, 0.3) is 19.4 Å². The van der Waals surface area contributed by atoms with Crippen LogP contribution in [0.2, 0.25) is 0 Å². The van der Waals surface area contributed by atoms with E-state index in [2.05, 4.69) is 14.2 Å². The van der Waals surface area contributed by atoms with Crippen LogP contribution in [0.1, 0.15) is 62.4 Å². The molecule has 0 saturated heterocycles. The van der Waals surface area contributed by atoms with Crippen molar-refractivity contribution in [2.75, 3.05) is 0 Å². The van der Waals surface area contributed by atoms with Gasteiger partial charge in [-0.2, -0.15) is 0 Å². The monoisotopic (exact) mass is 1290 g/mol. The van der Waals surface area contributed by atoms with Crippen LogP contribution >= 0.6 is 34.0 Å². The van der Waals surface area contributed by atoms with Gasteiger partial charge in [0, 0.05) is 63.6 Å². The van der Waals surface area contributed by atoms with Gasteiger partial charge in [-0.05, 0) is 128 Å². The first-order valence-electron chi connectivity index (χ1n) is 28.3. The van der Waals surface area contributed by atoms with Crippen molar-refractivity contribution in [3.05, 3.63) is 286 Å². The molecule has 0 unspecified atom stereocenters. The maximum absolute atomic E-state index is 13.3. The first-order valence-corrected chi connectivity index (χ1v) is 30.8. The van der Waals surface area contributed by atoms with Crippen LogP contribution in [0.3, 0.4) is 0 Å². The van der Waals surface area contributed by atoms with Gasteiger partial charge in [0.1, 0.15) is 72.1 Å². The zero-order chi connectivity index (χ0) is 65.4. The van der Waals surface area contributed by atoms with E-state index in [0.717, 1.165) is 99.1 Å². The smallest absolute Gasteiger partial charge is 0.298 e. The Balaban J connectivity index is 0.000000153. The molecule has 0 fully saturated rings. The third-order valence-corrected chi connectivity index (χ3v) is 17.6. The highest BCUT2D eigenvalue weighted by Crippen LogP contribution is 2.45. The molecule has 3 aromatic heterocycles. The number of benzene rings is 9. The second kappa shape index (κ2) is 30.2. The lowest BCUT2D eigenvalue weighted by atomic mass is 9.98. The molecule has 0 bridgehead atoms. The zero-order valence-electron chi connectivity index (χ0n) is 49.7. The van der Waals surface area contributed by atoms with Crippen LogP contribution in [-0.2, 0) is 28.6 Å². The molecular formula is C75H54O15S3. The van der Waals surface area contributed by atoms with Gasteiger partial charge in [-0.3, -0.25) is 28.8 Å². The molecule has 0 radical (unpaired) electrons. The minimum absolute atomic E-state index is 0.0649. The van der Waals surface area contributed by atoms with Gasteiger partial charge >= 0.3 is 0 Å². The van der Waals surface area contributed by atoms with Crippen molar-refractivity contribution in [1.29, 1.82) is 0 Å². The Morgan fingerprint density at radius 2 is 0.570 bits per heavy atom. The van der Waals surface area contributed by atoms with E-state index in [9.17, 15) is 44.1 Å². The van der Waals surface area contributed by atoms with E-state index in [4.69, 9.17) is 14.2 Å². The SMILES string of the molecule is Cc1ccc(C(=O)c2sc3cc(O)ccc3c2-c2ccc(O/C=C/OC=O)cc2)cc1.Cc1ccc(C(=O)c2sc3cc(O)ccc3c2-c2ccc(O/C=C/OC=O)cc2)cc1.Cc1ccc(C(=O)c2sc3cc(O)ccc3c2-c2ccc(O/C=C/OC=O)cc2)cc1. The predicted octanol–water partition coefficient (Wildman–Crippen LogP) is 17.5. The highest BCUT2D eigenvalue weighted by Gasteiger charge is 2.25. The number of carbonyl (C=O) groups is 6. The van der Waals surface area contributed by atoms with Crippen molar-refractivity contribution in [2.24, 2.45) is 0 Å². The van der Waals surface area contributed by atoms with Crippen molar-refractivity contribution in [3.8, 4) is 67.9 Å². The van der Waals surface area contributed by atoms with Gasteiger partial charge in [0.2, 0.25) is 17.3 Å². The topological polar surface area (TPSA) is 218 Å². The van der Waals surface area contributed by atoms with Crippen molar-refractivity contribution in [3.63, 3.8) is 0 Å². The number of ether oxygens (including phenoxy) is 6. The number of aryl methyl sites for hydroxylation is 3. The lowest BCUT2D eigenvalue weighted by Crippen LogP contribution is -2.00. The van der Waals surface area contributed by atoms with Crippen LogP contribution < -0.4 is 14.2 Å². The second-order valence-corrected chi connectivity index (χ2v) is 23.6. The number of thiophene rings is 3. The van der Waals surface area contributed by atoms with Crippen LogP contribution in [-0.4, -0.2) is 52.1 Å². The fraction of sp³-hybridized carbons (Fsp3) is 0.0400. The van der Waals surface area contributed by atoms with E-state index in [1.54, 1.807) is 72.8 Å². The Kier molecular flexibility index (Phi) is 20.9. The molecule has 0 saturated carbocycles. The fourth-order valence-corrected chi connectivity index (χ4v) is 13.4. The molecule has 0 aliphatic heterocycles. The molecule has 0 amide bonds.